The van der Waals surface area contributed by atoms with E-state index in [4.69, 9.17) is 11.6 Å². The Bertz CT molecular complexity index is 666. The van der Waals surface area contributed by atoms with Gasteiger partial charge in [-0.1, -0.05) is 23.7 Å². The number of nitrogens with zero attached hydrogens (tertiary/aromatic N) is 1. The smallest absolute Gasteiger partial charge is 0.0484 e. The van der Waals surface area contributed by atoms with Crippen LogP contribution in [0.5, 0.6) is 0 Å². The van der Waals surface area contributed by atoms with Gasteiger partial charge in [0.05, 0.1) is 0 Å². The minimum absolute atomic E-state index is 0.321. The maximum Gasteiger partial charge on any atom is 0.0484 e. The largest absolute Gasteiger partial charge is 0.374 e. The highest BCUT2D eigenvalue weighted by Crippen LogP contribution is 2.35. The Balaban J connectivity index is 2.04. The molecule has 0 fully saturated rings. The highest BCUT2D eigenvalue weighted by molar-refractivity contribution is 6.33. The molecule has 0 aromatic heterocycles. The number of benzene rings is 2. The fourth-order valence-corrected chi connectivity index (χ4v) is 3.16. The van der Waals surface area contributed by atoms with E-state index in [1.807, 2.05) is 13.1 Å². The van der Waals surface area contributed by atoms with Crippen LogP contribution in [-0.2, 0) is 6.42 Å². The van der Waals surface area contributed by atoms with Gasteiger partial charge in [0.2, 0.25) is 0 Å². The van der Waals surface area contributed by atoms with Gasteiger partial charge in [-0.15, -0.1) is 0 Å². The lowest BCUT2D eigenvalue weighted by molar-refractivity contribution is 0.652. The molecule has 1 atom stereocenters. The first kappa shape index (κ1) is 14.4. The molecule has 110 valence electrons. The third-order valence-electron chi connectivity index (χ3n) is 4.44. The van der Waals surface area contributed by atoms with Gasteiger partial charge in [0.25, 0.3) is 0 Å². The Morgan fingerprint density at radius 3 is 2.76 bits per heavy atom. The van der Waals surface area contributed by atoms with Crippen molar-refractivity contribution in [2.45, 2.75) is 19.4 Å². The Kier molecular flexibility index (Phi) is 3.92. The van der Waals surface area contributed by atoms with Crippen molar-refractivity contribution in [2.75, 3.05) is 25.5 Å². The molecule has 0 radical (unpaired) electrons. The highest BCUT2D eigenvalue weighted by Gasteiger charge is 2.17. The minimum Gasteiger partial charge on any atom is -0.374 e. The molecule has 0 saturated heterocycles. The average Bonchev–Trinajstić information content (AvgIpc) is 2.88. The average molecular weight is 301 g/mol. The van der Waals surface area contributed by atoms with E-state index >= 15 is 0 Å². The summed E-state index contributed by atoms with van der Waals surface area (Å²) in [5.74, 6) is 0. The van der Waals surface area contributed by atoms with Crippen molar-refractivity contribution in [3.63, 3.8) is 0 Å². The van der Waals surface area contributed by atoms with Crippen LogP contribution >= 0.6 is 11.6 Å². The molecule has 1 unspecified atom stereocenters. The van der Waals surface area contributed by atoms with E-state index in [1.165, 1.54) is 22.4 Å². The summed E-state index contributed by atoms with van der Waals surface area (Å²) in [6.45, 7) is 3.26. The topological polar surface area (TPSA) is 15.3 Å². The fourth-order valence-electron chi connectivity index (χ4n) is 2.93. The Morgan fingerprint density at radius 2 is 2.00 bits per heavy atom. The molecular weight excluding hydrogens is 280 g/mol. The number of hydrogen-bond donors (Lipinski definition) is 1. The zero-order valence-corrected chi connectivity index (χ0v) is 13.5. The van der Waals surface area contributed by atoms with Crippen molar-refractivity contribution >= 4 is 17.3 Å². The predicted molar refractivity (Wildman–Crippen MR) is 91.3 cm³/mol. The molecular formula is C18H21ClN2. The molecule has 3 rings (SSSR count). The summed E-state index contributed by atoms with van der Waals surface area (Å²) in [4.78, 5) is 2.31. The van der Waals surface area contributed by atoms with Crippen LogP contribution < -0.4 is 10.2 Å². The van der Waals surface area contributed by atoms with E-state index in [0.29, 0.717) is 6.04 Å². The summed E-state index contributed by atoms with van der Waals surface area (Å²) in [6, 6.07) is 13.3. The maximum atomic E-state index is 6.43. The van der Waals surface area contributed by atoms with Crippen molar-refractivity contribution in [3.05, 3.63) is 52.5 Å². The molecule has 0 aliphatic carbocycles. The van der Waals surface area contributed by atoms with Crippen molar-refractivity contribution in [3.8, 4) is 11.1 Å². The van der Waals surface area contributed by atoms with Gasteiger partial charge in [0, 0.05) is 35.9 Å². The fraction of sp³-hybridized carbons (Fsp3) is 0.333. The second-order valence-corrected chi connectivity index (χ2v) is 6.17. The first-order valence-corrected chi connectivity index (χ1v) is 7.79. The molecule has 1 aliphatic rings. The Hall–Kier alpha value is -1.51. The molecule has 1 aliphatic heterocycles. The van der Waals surface area contributed by atoms with Crippen LogP contribution in [0.15, 0.2) is 36.4 Å². The summed E-state index contributed by atoms with van der Waals surface area (Å²) >= 11 is 6.43. The number of hydrogen-bond acceptors (Lipinski definition) is 2. The molecule has 0 spiro atoms. The number of anilines is 1. The number of rotatable bonds is 3. The van der Waals surface area contributed by atoms with E-state index in [-0.39, 0.29) is 0 Å². The van der Waals surface area contributed by atoms with E-state index in [1.54, 1.807) is 0 Å². The van der Waals surface area contributed by atoms with E-state index < -0.39 is 0 Å². The van der Waals surface area contributed by atoms with Gasteiger partial charge in [-0.3, -0.25) is 0 Å². The van der Waals surface area contributed by atoms with Crippen LogP contribution in [0.1, 0.15) is 24.1 Å². The molecule has 2 aromatic carbocycles. The van der Waals surface area contributed by atoms with Gasteiger partial charge in [-0.25, -0.2) is 0 Å². The quantitative estimate of drug-likeness (QED) is 0.910. The summed E-state index contributed by atoms with van der Waals surface area (Å²) < 4.78 is 0. The molecule has 0 saturated carbocycles. The van der Waals surface area contributed by atoms with Crippen molar-refractivity contribution in [1.82, 2.24) is 5.32 Å². The second-order valence-electron chi connectivity index (χ2n) is 5.76. The van der Waals surface area contributed by atoms with Crippen LogP contribution in [0, 0.1) is 0 Å². The third-order valence-corrected chi connectivity index (χ3v) is 4.77. The van der Waals surface area contributed by atoms with E-state index in [9.17, 15) is 0 Å². The summed E-state index contributed by atoms with van der Waals surface area (Å²) in [5.41, 5.74) is 6.34. The van der Waals surface area contributed by atoms with Gasteiger partial charge < -0.3 is 10.2 Å². The van der Waals surface area contributed by atoms with Crippen LogP contribution in [0.2, 0.25) is 5.02 Å². The standard InChI is InChI=1S/C18H21ClN2/c1-12(20-2)13-4-6-17(19)16(11-13)14-5-7-18-15(10-14)8-9-21(18)3/h4-7,10-12,20H,8-9H2,1-3H3. The van der Waals surface area contributed by atoms with E-state index in [0.717, 1.165) is 23.6 Å². The van der Waals surface area contributed by atoms with Gasteiger partial charge in [-0.05, 0) is 61.3 Å². The lowest BCUT2D eigenvalue weighted by atomic mass is 9.98. The molecule has 1 N–H and O–H groups in total. The predicted octanol–water partition coefficient (Wildman–Crippen LogP) is 4.28. The number of likely N-dealkylation sites (N-methyl/N-ethyl adjacent to an activating group) is 1. The molecule has 0 amide bonds. The van der Waals surface area contributed by atoms with Crippen molar-refractivity contribution in [1.29, 1.82) is 0 Å². The lowest BCUT2D eigenvalue weighted by Crippen LogP contribution is -2.12. The lowest BCUT2D eigenvalue weighted by Gasteiger charge is -2.15. The molecule has 1 heterocycles. The van der Waals surface area contributed by atoms with E-state index in [2.05, 4.69) is 54.5 Å². The first-order chi connectivity index (χ1) is 10.1. The molecule has 2 aromatic rings. The van der Waals surface area contributed by atoms with Crippen LogP contribution in [0.4, 0.5) is 5.69 Å². The van der Waals surface area contributed by atoms with Crippen LogP contribution in [0.25, 0.3) is 11.1 Å². The minimum atomic E-state index is 0.321. The number of nitrogens with one attached hydrogen (secondary N) is 1. The Labute approximate surface area is 131 Å². The monoisotopic (exact) mass is 300 g/mol. The van der Waals surface area contributed by atoms with Gasteiger partial charge in [0.15, 0.2) is 0 Å². The zero-order valence-electron chi connectivity index (χ0n) is 12.8. The van der Waals surface area contributed by atoms with Gasteiger partial charge in [-0.2, -0.15) is 0 Å². The number of fused-ring (bicyclic) bond motifs is 1. The SMILES string of the molecule is CNC(C)c1ccc(Cl)c(-c2ccc3c(c2)CCN3C)c1. The first-order valence-electron chi connectivity index (χ1n) is 7.41. The number of halogens is 1. The zero-order chi connectivity index (χ0) is 15.0. The van der Waals surface area contributed by atoms with Crippen LogP contribution in [0.3, 0.4) is 0 Å². The summed E-state index contributed by atoms with van der Waals surface area (Å²) in [7, 11) is 4.12. The molecule has 21 heavy (non-hydrogen) atoms. The van der Waals surface area contributed by atoms with Crippen molar-refractivity contribution in [2.24, 2.45) is 0 Å². The van der Waals surface area contributed by atoms with Crippen LogP contribution in [-0.4, -0.2) is 20.6 Å². The van der Waals surface area contributed by atoms with Gasteiger partial charge >= 0.3 is 0 Å². The molecule has 0 bridgehead atoms. The highest BCUT2D eigenvalue weighted by atomic mass is 35.5. The maximum absolute atomic E-state index is 6.43. The second kappa shape index (κ2) is 5.70. The molecule has 2 nitrogen and oxygen atoms in total. The van der Waals surface area contributed by atoms with Crippen molar-refractivity contribution < 1.29 is 0 Å². The van der Waals surface area contributed by atoms with Gasteiger partial charge in [0.1, 0.15) is 0 Å². The summed E-state index contributed by atoms with van der Waals surface area (Å²) in [5, 5.41) is 4.09. The molecule has 3 heteroatoms. The summed E-state index contributed by atoms with van der Waals surface area (Å²) in [6.07, 6.45) is 1.11. The Morgan fingerprint density at radius 1 is 1.19 bits per heavy atom. The normalized spacial score (nSPS) is 15.1. The third kappa shape index (κ3) is 2.66.